The van der Waals surface area contributed by atoms with E-state index in [1.54, 1.807) is 0 Å². The van der Waals surface area contributed by atoms with Crippen LogP contribution in [0.3, 0.4) is 0 Å². The Morgan fingerprint density at radius 3 is 2.71 bits per heavy atom. The molecule has 3 rings (SSSR count). The first-order valence-electron chi connectivity index (χ1n) is 7.31. The van der Waals surface area contributed by atoms with E-state index in [0.717, 1.165) is 42.8 Å². The molecule has 1 saturated heterocycles. The quantitative estimate of drug-likeness (QED) is 0.819. The number of imidazole rings is 1. The second kappa shape index (κ2) is 5.64. The Kier molecular flexibility index (Phi) is 3.85. The zero-order valence-corrected chi connectivity index (χ0v) is 13.1. The summed E-state index contributed by atoms with van der Waals surface area (Å²) in [4.78, 5) is 23.6. The van der Waals surface area contributed by atoms with Crippen LogP contribution in [0.5, 0.6) is 0 Å². The fourth-order valence-corrected chi connectivity index (χ4v) is 3.12. The van der Waals surface area contributed by atoms with Gasteiger partial charge < -0.3 is 4.90 Å². The van der Waals surface area contributed by atoms with Gasteiger partial charge in [0.1, 0.15) is 17.4 Å². The van der Waals surface area contributed by atoms with Gasteiger partial charge in [0.2, 0.25) is 5.91 Å². The van der Waals surface area contributed by atoms with Crippen molar-refractivity contribution in [2.75, 3.05) is 13.1 Å². The minimum absolute atomic E-state index is 0.126. The Balaban J connectivity index is 2.04. The first-order valence-corrected chi connectivity index (χ1v) is 7.84. The van der Waals surface area contributed by atoms with Gasteiger partial charge in [0, 0.05) is 18.8 Å². The van der Waals surface area contributed by atoms with Crippen molar-refractivity contribution in [3.63, 3.8) is 0 Å². The number of hydrogen-bond acceptors (Lipinski definition) is 3. The van der Waals surface area contributed by atoms with Crippen LogP contribution in [-0.4, -0.2) is 38.4 Å². The van der Waals surface area contributed by atoms with Crippen LogP contribution in [0.15, 0.2) is 12.1 Å². The van der Waals surface area contributed by atoms with Crippen molar-refractivity contribution < 1.29 is 4.79 Å². The highest BCUT2D eigenvalue weighted by Crippen LogP contribution is 2.24. The lowest BCUT2D eigenvalue weighted by atomic mass is 10.2. The molecular weight excluding hydrogens is 288 g/mol. The molecule has 0 spiro atoms. The van der Waals surface area contributed by atoms with Crippen LogP contribution in [0.2, 0.25) is 0 Å². The van der Waals surface area contributed by atoms with Crippen LogP contribution in [-0.2, 0) is 10.7 Å². The lowest BCUT2D eigenvalue weighted by Crippen LogP contribution is -2.34. The molecule has 1 aliphatic rings. The van der Waals surface area contributed by atoms with E-state index >= 15 is 0 Å². The molecule has 0 aromatic carbocycles. The van der Waals surface area contributed by atoms with Crippen LogP contribution in [0.25, 0.3) is 11.2 Å². The summed E-state index contributed by atoms with van der Waals surface area (Å²) in [6.45, 7) is 5.53. The van der Waals surface area contributed by atoms with Crippen LogP contribution in [0.1, 0.15) is 37.3 Å². The van der Waals surface area contributed by atoms with Crippen LogP contribution in [0, 0.1) is 6.92 Å². The standard InChI is InChI=1S/C15H19ClN4O/c1-10-5-6-12-14(17-10)20(13(9-16)18-12)11(2)15(21)19-7-3-4-8-19/h5-6,11H,3-4,7-9H2,1-2H3. The summed E-state index contributed by atoms with van der Waals surface area (Å²) in [5.74, 6) is 1.10. The number of halogens is 1. The van der Waals surface area contributed by atoms with Gasteiger partial charge in [-0.25, -0.2) is 9.97 Å². The third kappa shape index (κ3) is 2.50. The molecule has 1 fully saturated rings. The van der Waals surface area contributed by atoms with Crippen molar-refractivity contribution in [1.82, 2.24) is 19.4 Å². The van der Waals surface area contributed by atoms with E-state index in [1.165, 1.54) is 0 Å². The van der Waals surface area contributed by atoms with Crippen molar-refractivity contribution in [1.29, 1.82) is 0 Å². The fraction of sp³-hybridized carbons (Fsp3) is 0.533. The number of likely N-dealkylation sites (tertiary alicyclic amines) is 1. The van der Waals surface area contributed by atoms with E-state index < -0.39 is 0 Å². The fourth-order valence-electron chi connectivity index (χ4n) is 2.93. The lowest BCUT2D eigenvalue weighted by molar-refractivity contribution is -0.133. The molecule has 3 heterocycles. The van der Waals surface area contributed by atoms with E-state index in [9.17, 15) is 4.79 Å². The second-order valence-electron chi connectivity index (χ2n) is 5.54. The average Bonchev–Trinajstić information content (AvgIpc) is 3.12. The maximum Gasteiger partial charge on any atom is 0.245 e. The predicted octanol–water partition coefficient (Wildman–Crippen LogP) is 2.66. The molecule has 0 bridgehead atoms. The number of amides is 1. The van der Waals surface area contributed by atoms with Gasteiger partial charge in [0.25, 0.3) is 0 Å². The molecule has 0 N–H and O–H groups in total. The molecule has 0 saturated carbocycles. The zero-order valence-electron chi connectivity index (χ0n) is 12.3. The van der Waals surface area contributed by atoms with Crippen molar-refractivity contribution in [2.45, 2.75) is 38.6 Å². The number of carbonyl (C=O) groups excluding carboxylic acids is 1. The third-order valence-corrected chi connectivity index (χ3v) is 4.27. The van der Waals surface area contributed by atoms with E-state index in [0.29, 0.717) is 5.82 Å². The molecule has 0 aliphatic carbocycles. The number of pyridine rings is 1. The van der Waals surface area contributed by atoms with Crippen LogP contribution >= 0.6 is 11.6 Å². The molecule has 5 nitrogen and oxygen atoms in total. The number of aromatic nitrogens is 3. The molecule has 2 aromatic heterocycles. The molecule has 1 unspecified atom stereocenters. The van der Waals surface area contributed by atoms with Gasteiger partial charge in [-0.3, -0.25) is 9.36 Å². The minimum atomic E-state index is -0.323. The van der Waals surface area contributed by atoms with Gasteiger partial charge in [0.05, 0.1) is 5.88 Å². The SMILES string of the molecule is Cc1ccc2nc(CCl)n(C(C)C(=O)N3CCCC3)c2n1. The number of fused-ring (bicyclic) bond motifs is 1. The Morgan fingerprint density at radius 1 is 1.33 bits per heavy atom. The van der Waals surface area contributed by atoms with Crippen molar-refractivity contribution in [3.05, 3.63) is 23.7 Å². The second-order valence-corrected chi connectivity index (χ2v) is 5.80. The highest BCUT2D eigenvalue weighted by atomic mass is 35.5. The zero-order chi connectivity index (χ0) is 15.0. The average molecular weight is 307 g/mol. The summed E-state index contributed by atoms with van der Waals surface area (Å²) in [5, 5.41) is 0. The Bertz CT molecular complexity index is 676. The number of hydrogen-bond donors (Lipinski definition) is 0. The van der Waals surface area contributed by atoms with Gasteiger partial charge in [-0.15, -0.1) is 11.6 Å². The lowest BCUT2D eigenvalue weighted by Gasteiger charge is -2.22. The summed E-state index contributed by atoms with van der Waals surface area (Å²) >= 11 is 6.02. The summed E-state index contributed by atoms with van der Waals surface area (Å²) < 4.78 is 1.88. The molecule has 1 aliphatic heterocycles. The monoisotopic (exact) mass is 306 g/mol. The molecule has 112 valence electrons. The van der Waals surface area contributed by atoms with Crippen LogP contribution in [0.4, 0.5) is 0 Å². The van der Waals surface area contributed by atoms with Crippen molar-refractivity contribution in [3.8, 4) is 0 Å². The minimum Gasteiger partial charge on any atom is -0.341 e. The molecule has 2 aromatic rings. The molecule has 1 atom stereocenters. The first-order chi connectivity index (χ1) is 10.1. The number of aryl methyl sites for hydroxylation is 1. The third-order valence-electron chi connectivity index (χ3n) is 4.03. The molecular formula is C15H19ClN4O. The number of carbonyl (C=O) groups is 1. The number of nitrogens with zero attached hydrogens (tertiary/aromatic N) is 4. The van der Waals surface area contributed by atoms with E-state index in [-0.39, 0.29) is 17.8 Å². The molecule has 0 radical (unpaired) electrons. The normalized spacial score (nSPS) is 16.6. The van der Waals surface area contributed by atoms with E-state index in [1.807, 2.05) is 35.4 Å². The Labute approximate surface area is 128 Å². The topological polar surface area (TPSA) is 51.0 Å². The first kappa shape index (κ1) is 14.3. The molecule has 6 heteroatoms. The van der Waals surface area contributed by atoms with Gasteiger partial charge in [-0.1, -0.05) is 0 Å². The van der Waals surface area contributed by atoms with Crippen molar-refractivity contribution >= 4 is 28.7 Å². The van der Waals surface area contributed by atoms with Gasteiger partial charge in [-0.2, -0.15) is 0 Å². The maximum absolute atomic E-state index is 12.6. The smallest absolute Gasteiger partial charge is 0.245 e. The highest BCUT2D eigenvalue weighted by Gasteiger charge is 2.27. The van der Waals surface area contributed by atoms with E-state index in [4.69, 9.17) is 11.6 Å². The summed E-state index contributed by atoms with van der Waals surface area (Å²) in [7, 11) is 0. The summed E-state index contributed by atoms with van der Waals surface area (Å²) in [6, 6.07) is 3.53. The molecule has 21 heavy (non-hydrogen) atoms. The maximum atomic E-state index is 12.6. The van der Waals surface area contributed by atoms with E-state index in [2.05, 4.69) is 9.97 Å². The van der Waals surface area contributed by atoms with Gasteiger partial charge >= 0.3 is 0 Å². The predicted molar refractivity (Wildman–Crippen MR) is 82.3 cm³/mol. The highest BCUT2D eigenvalue weighted by molar-refractivity contribution is 6.16. The largest absolute Gasteiger partial charge is 0.341 e. The summed E-state index contributed by atoms with van der Waals surface area (Å²) in [5.41, 5.74) is 2.44. The van der Waals surface area contributed by atoms with Gasteiger partial charge in [-0.05, 0) is 38.8 Å². The molecule has 1 amide bonds. The Hall–Kier alpha value is -1.62. The van der Waals surface area contributed by atoms with Crippen molar-refractivity contribution in [2.24, 2.45) is 0 Å². The number of rotatable bonds is 3. The van der Waals surface area contributed by atoms with Gasteiger partial charge in [0.15, 0.2) is 5.65 Å². The van der Waals surface area contributed by atoms with Crippen LogP contribution < -0.4 is 0 Å². The Morgan fingerprint density at radius 2 is 2.05 bits per heavy atom. The number of alkyl halides is 1. The summed E-state index contributed by atoms with van der Waals surface area (Å²) in [6.07, 6.45) is 2.17.